The van der Waals surface area contributed by atoms with Gasteiger partial charge in [-0.1, -0.05) is 42.0 Å². The van der Waals surface area contributed by atoms with Crippen LogP contribution in [0.15, 0.2) is 71.6 Å². The van der Waals surface area contributed by atoms with Crippen molar-refractivity contribution in [2.24, 2.45) is 0 Å². The summed E-state index contributed by atoms with van der Waals surface area (Å²) in [5.74, 6) is -0.276. The van der Waals surface area contributed by atoms with E-state index in [1.165, 1.54) is 44.4 Å². The molecule has 9 nitrogen and oxygen atoms in total. The summed E-state index contributed by atoms with van der Waals surface area (Å²) in [7, 11) is 0.134. The average Bonchev–Trinajstić information content (AvgIpc) is 2.94. The first-order chi connectivity index (χ1) is 18.5. The van der Waals surface area contributed by atoms with Crippen LogP contribution in [0.4, 0.5) is 5.69 Å². The number of methoxy groups -OCH3 is 2. The Balaban J connectivity index is 2.08. The maximum Gasteiger partial charge on any atom is 0.264 e. The summed E-state index contributed by atoms with van der Waals surface area (Å²) < 4.78 is 39.6. The highest BCUT2D eigenvalue weighted by molar-refractivity contribution is 7.92. The predicted octanol–water partition coefficient (Wildman–Crippen LogP) is 3.68. The molecule has 0 saturated heterocycles. The van der Waals surface area contributed by atoms with E-state index < -0.39 is 28.5 Å². The van der Waals surface area contributed by atoms with Crippen LogP contribution in [0.5, 0.6) is 11.5 Å². The Morgan fingerprint density at radius 2 is 1.56 bits per heavy atom. The number of hydrogen-bond donors (Lipinski definition) is 1. The molecule has 39 heavy (non-hydrogen) atoms. The van der Waals surface area contributed by atoms with Crippen molar-refractivity contribution < 1.29 is 27.5 Å². The van der Waals surface area contributed by atoms with E-state index in [0.29, 0.717) is 11.4 Å². The van der Waals surface area contributed by atoms with Crippen LogP contribution in [0.3, 0.4) is 0 Å². The summed E-state index contributed by atoms with van der Waals surface area (Å²) in [4.78, 5) is 27.8. The second kappa shape index (κ2) is 12.7. The van der Waals surface area contributed by atoms with E-state index in [1.54, 1.807) is 31.2 Å². The van der Waals surface area contributed by atoms with E-state index in [-0.39, 0.29) is 23.1 Å². The fraction of sp³-hybridized carbons (Fsp3) is 0.310. The lowest BCUT2D eigenvalue weighted by atomic mass is 10.1. The lowest BCUT2D eigenvalue weighted by Gasteiger charge is -2.32. The summed E-state index contributed by atoms with van der Waals surface area (Å²) in [6.07, 6.45) is 0. The van der Waals surface area contributed by atoms with Crippen molar-refractivity contribution in [3.63, 3.8) is 0 Å². The monoisotopic (exact) mass is 553 g/mol. The molecule has 3 rings (SSSR count). The van der Waals surface area contributed by atoms with Crippen molar-refractivity contribution in [1.29, 1.82) is 0 Å². The quantitative estimate of drug-likeness (QED) is 0.389. The van der Waals surface area contributed by atoms with Crippen molar-refractivity contribution in [1.82, 2.24) is 10.2 Å². The molecule has 0 aliphatic heterocycles. The summed E-state index contributed by atoms with van der Waals surface area (Å²) in [5.41, 5.74) is 3.05. The fourth-order valence-corrected chi connectivity index (χ4v) is 5.54. The van der Waals surface area contributed by atoms with Crippen LogP contribution in [-0.2, 0) is 26.2 Å². The van der Waals surface area contributed by atoms with Gasteiger partial charge in [-0.15, -0.1) is 0 Å². The molecule has 0 unspecified atom stereocenters. The van der Waals surface area contributed by atoms with Gasteiger partial charge in [-0.3, -0.25) is 13.9 Å². The minimum Gasteiger partial charge on any atom is -0.493 e. The predicted molar refractivity (Wildman–Crippen MR) is 151 cm³/mol. The minimum atomic E-state index is -4.24. The molecule has 0 saturated carbocycles. The Bertz CT molecular complexity index is 1420. The summed E-state index contributed by atoms with van der Waals surface area (Å²) in [5, 5.41) is 2.58. The van der Waals surface area contributed by atoms with Crippen LogP contribution in [0.1, 0.15) is 23.6 Å². The highest BCUT2D eigenvalue weighted by atomic mass is 32.2. The maximum atomic E-state index is 14.0. The first-order valence-corrected chi connectivity index (χ1v) is 13.8. The van der Waals surface area contributed by atoms with Gasteiger partial charge in [0.25, 0.3) is 10.0 Å². The number of sulfonamides is 1. The number of carbonyl (C=O) groups is 2. The van der Waals surface area contributed by atoms with E-state index in [2.05, 4.69) is 5.32 Å². The first kappa shape index (κ1) is 29.5. The number of amides is 2. The second-order valence-corrected chi connectivity index (χ2v) is 11.0. The van der Waals surface area contributed by atoms with E-state index in [1.807, 2.05) is 38.1 Å². The Kier molecular flexibility index (Phi) is 9.58. The van der Waals surface area contributed by atoms with E-state index in [9.17, 15) is 18.0 Å². The zero-order valence-electron chi connectivity index (χ0n) is 23.1. The number of hydrogen-bond acceptors (Lipinski definition) is 6. The lowest BCUT2D eigenvalue weighted by molar-refractivity contribution is -0.139. The molecule has 2 amide bonds. The van der Waals surface area contributed by atoms with Gasteiger partial charge >= 0.3 is 0 Å². The van der Waals surface area contributed by atoms with Crippen molar-refractivity contribution in [2.45, 2.75) is 38.3 Å². The van der Waals surface area contributed by atoms with Gasteiger partial charge in [0.1, 0.15) is 12.6 Å². The number of ether oxygens (including phenoxy) is 2. The minimum absolute atomic E-state index is 0.0710. The smallest absolute Gasteiger partial charge is 0.264 e. The number of likely N-dealkylation sites (N-methyl/N-ethyl adjacent to an activating group) is 1. The number of nitrogens with zero attached hydrogens (tertiary/aromatic N) is 2. The molecule has 0 fully saturated rings. The van der Waals surface area contributed by atoms with Gasteiger partial charge in [-0.2, -0.15) is 0 Å². The summed E-state index contributed by atoms with van der Waals surface area (Å²) in [6.45, 7) is 5.04. The SMILES string of the molecule is CNC(=O)[C@@H](C)N(Cc1ccccc1C)C(=O)CN(c1ccc(C)cc1)S(=O)(=O)c1ccc(OC)c(OC)c1. The molecule has 1 atom stereocenters. The number of nitrogens with one attached hydrogen (secondary N) is 1. The Hall–Kier alpha value is -4.05. The van der Waals surface area contributed by atoms with Crippen LogP contribution in [0.25, 0.3) is 0 Å². The lowest BCUT2D eigenvalue weighted by Crippen LogP contribution is -2.50. The van der Waals surface area contributed by atoms with Gasteiger partial charge in [-0.05, 0) is 56.2 Å². The molecule has 0 heterocycles. The van der Waals surface area contributed by atoms with Gasteiger partial charge in [0, 0.05) is 19.7 Å². The highest BCUT2D eigenvalue weighted by Crippen LogP contribution is 2.32. The first-order valence-electron chi connectivity index (χ1n) is 12.4. The van der Waals surface area contributed by atoms with Gasteiger partial charge in [0.05, 0.1) is 24.8 Å². The van der Waals surface area contributed by atoms with E-state index in [4.69, 9.17) is 9.47 Å². The van der Waals surface area contributed by atoms with E-state index >= 15 is 0 Å². The zero-order chi connectivity index (χ0) is 28.7. The van der Waals surface area contributed by atoms with Crippen molar-refractivity contribution >= 4 is 27.5 Å². The Morgan fingerprint density at radius 1 is 0.923 bits per heavy atom. The van der Waals surface area contributed by atoms with Crippen molar-refractivity contribution in [3.05, 3.63) is 83.4 Å². The van der Waals surface area contributed by atoms with Crippen molar-refractivity contribution in [3.8, 4) is 11.5 Å². The van der Waals surface area contributed by atoms with Gasteiger partial charge < -0.3 is 19.7 Å². The summed E-state index contributed by atoms with van der Waals surface area (Å²) in [6, 6.07) is 17.8. The normalized spacial score (nSPS) is 11.8. The molecule has 3 aromatic rings. The molecular weight excluding hydrogens is 518 g/mol. The average molecular weight is 554 g/mol. The summed E-state index contributed by atoms with van der Waals surface area (Å²) >= 11 is 0. The largest absolute Gasteiger partial charge is 0.493 e. The fourth-order valence-electron chi connectivity index (χ4n) is 4.11. The maximum absolute atomic E-state index is 14.0. The molecule has 1 N–H and O–H groups in total. The molecule has 0 bridgehead atoms. The molecule has 0 aromatic heterocycles. The van der Waals surface area contributed by atoms with Gasteiger partial charge in [-0.25, -0.2) is 8.42 Å². The topological polar surface area (TPSA) is 105 Å². The molecule has 0 aliphatic carbocycles. The van der Waals surface area contributed by atoms with Crippen LogP contribution < -0.4 is 19.1 Å². The second-order valence-electron chi connectivity index (χ2n) is 9.10. The number of rotatable bonds is 11. The third-order valence-corrected chi connectivity index (χ3v) is 8.33. The molecule has 10 heteroatoms. The van der Waals surface area contributed by atoms with Gasteiger partial charge in [0.15, 0.2) is 11.5 Å². The van der Waals surface area contributed by atoms with Gasteiger partial charge in [0.2, 0.25) is 11.8 Å². The van der Waals surface area contributed by atoms with Crippen molar-refractivity contribution in [2.75, 3.05) is 32.1 Å². The number of carbonyl (C=O) groups excluding carboxylic acids is 2. The van der Waals surface area contributed by atoms with Crippen LogP contribution >= 0.6 is 0 Å². The molecule has 208 valence electrons. The van der Waals surface area contributed by atoms with E-state index in [0.717, 1.165) is 21.0 Å². The Labute approximate surface area is 230 Å². The highest BCUT2D eigenvalue weighted by Gasteiger charge is 2.33. The number of benzene rings is 3. The van der Waals surface area contributed by atoms with Crippen LogP contribution in [-0.4, -0.2) is 59.0 Å². The third kappa shape index (κ3) is 6.69. The van der Waals surface area contributed by atoms with Crippen LogP contribution in [0, 0.1) is 13.8 Å². The third-order valence-electron chi connectivity index (χ3n) is 6.56. The van der Waals surface area contributed by atoms with Crippen LogP contribution in [0.2, 0.25) is 0 Å². The standard InChI is InChI=1S/C29H35N3O6S/c1-20-11-13-24(14-12-20)32(39(35,36)25-15-16-26(37-5)27(17-25)38-6)19-28(33)31(22(3)29(34)30-4)18-23-10-8-7-9-21(23)2/h7-17,22H,18-19H2,1-6H3,(H,30,34)/t22-/m1/s1. The molecule has 0 spiro atoms. The zero-order valence-corrected chi connectivity index (χ0v) is 23.9. The molecule has 0 aliphatic rings. The number of aryl methyl sites for hydroxylation is 2. The number of anilines is 1. The molecule has 3 aromatic carbocycles. The Morgan fingerprint density at radius 3 is 2.15 bits per heavy atom. The molecule has 0 radical (unpaired) electrons. The molecular formula is C29H35N3O6S.